The second kappa shape index (κ2) is 6.93. The van der Waals surface area contributed by atoms with Crippen LogP contribution in [0.2, 0.25) is 5.02 Å². The third-order valence-electron chi connectivity index (χ3n) is 4.53. The van der Waals surface area contributed by atoms with Gasteiger partial charge in [-0.1, -0.05) is 11.6 Å². The van der Waals surface area contributed by atoms with Gasteiger partial charge in [-0.2, -0.15) is 0 Å². The van der Waals surface area contributed by atoms with Crippen molar-refractivity contribution in [2.75, 3.05) is 14.2 Å². The lowest BCUT2D eigenvalue weighted by atomic mass is 10.0. The van der Waals surface area contributed by atoms with Crippen molar-refractivity contribution in [3.8, 4) is 11.5 Å². The quantitative estimate of drug-likeness (QED) is 0.517. The Kier molecular flexibility index (Phi) is 4.46. The average Bonchev–Trinajstić information content (AvgIpc) is 2.69. The lowest BCUT2D eigenvalue weighted by Gasteiger charge is -2.11. The van der Waals surface area contributed by atoms with Crippen LogP contribution in [0.15, 0.2) is 58.2 Å². The first kappa shape index (κ1) is 17.4. The minimum absolute atomic E-state index is 0.101. The topological polar surface area (TPSA) is 61.6 Å². The third-order valence-corrected chi connectivity index (χ3v) is 4.77. The van der Waals surface area contributed by atoms with Gasteiger partial charge in [-0.15, -0.1) is 0 Å². The molecule has 2 aromatic heterocycles. The molecule has 0 saturated carbocycles. The van der Waals surface area contributed by atoms with Crippen molar-refractivity contribution < 1.29 is 13.9 Å². The van der Waals surface area contributed by atoms with E-state index < -0.39 is 0 Å². The van der Waals surface area contributed by atoms with Crippen LogP contribution in [0.25, 0.3) is 21.7 Å². The Morgan fingerprint density at radius 2 is 1.78 bits per heavy atom. The van der Waals surface area contributed by atoms with Gasteiger partial charge in [0.15, 0.2) is 16.9 Å². The molecule has 0 amide bonds. The number of ether oxygens (including phenoxy) is 2. The molecule has 0 N–H and O–H groups in total. The molecule has 27 heavy (non-hydrogen) atoms. The molecule has 2 heterocycles. The van der Waals surface area contributed by atoms with Crippen molar-refractivity contribution in [3.05, 3.63) is 75.4 Å². The van der Waals surface area contributed by atoms with Gasteiger partial charge in [-0.25, -0.2) is 0 Å². The molecular formula is C21H16ClNO4. The fourth-order valence-corrected chi connectivity index (χ4v) is 3.34. The summed E-state index contributed by atoms with van der Waals surface area (Å²) in [5.74, 6) is 1.25. The van der Waals surface area contributed by atoms with Crippen molar-refractivity contribution in [1.29, 1.82) is 0 Å². The standard InChI is InChI=1S/C21H16ClNO4/c1-25-19-6-13-10-23-9-12(16(13)8-20(19)26-2)5-14-11-27-18-4-3-15(22)7-17(18)21(14)24/h3-4,6-11H,5H2,1-2H3. The fraction of sp³-hybridized carbons (Fsp3) is 0.143. The SMILES string of the molecule is COc1cc2cncc(Cc3coc4ccc(Cl)cc4c3=O)c2cc1OC. The zero-order valence-corrected chi connectivity index (χ0v) is 15.5. The maximum absolute atomic E-state index is 12.9. The second-order valence-corrected chi connectivity index (χ2v) is 6.57. The van der Waals surface area contributed by atoms with Gasteiger partial charge < -0.3 is 13.9 Å². The molecule has 0 aliphatic heterocycles. The van der Waals surface area contributed by atoms with Crippen LogP contribution < -0.4 is 14.9 Å². The summed E-state index contributed by atoms with van der Waals surface area (Å²) in [6, 6.07) is 8.78. The minimum atomic E-state index is -0.101. The zero-order chi connectivity index (χ0) is 19.0. The van der Waals surface area contributed by atoms with Gasteiger partial charge in [-0.05, 0) is 41.3 Å². The van der Waals surface area contributed by atoms with E-state index in [0.717, 1.165) is 16.3 Å². The number of fused-ring (bicyclic) bond motifs is 2. The highest BCUT2D eigenvalue weighted by molar-refractivity contribution is 6.31. The van der Waals surface area contributed by atoms with E-state index in [4.69, 9.17) is 25.5 Å². The molecule has 6 heteroatoms. The number of aromatic nitrogens is 1. The second-order valence-electron chi connectivity index (χ2n) is 6.13. The number of hydrogen-bond acceptors (Lipinski definition) is 5. The van der Waals surface area contributed by atoms with Gasteiger partial charge in [0.1, 0.15) is 5.58 Å². The third kappa shape index (κ3) is 3.11. The van der Waals surface area contributed by atoms with Gasteiger partial charge in [0.25, 0.3) is 0 Å². The summed E-state index contributed by atoms with van der Waals surface area (Å²) in [5.41, 5.74) is 1.84. The molecule has 0 unspecified atom stereocenters. The molecule has 0 spiro atoms. The number of pyridine rings is 1. The predicted octanol–water partition coefficient (Wildman–Crippen LogP) is 4.60. The first-order chi connectivity index (χ1) is 13.1. The first-order valence-electron chi connectivity index (χ1n) is 8.29. The molecule has 0 radical (unpaired) electrons. The van der Waals surface area contributed by atoms with Gasteiger partial charge in [-0.3, -0.25) is 9.78 Å². The number of hydrogen-bond donors (Lipinski definition) is 0. The van der Waals surface area contributed by atoms with Crippen LogP contribution in [-0.4, -0.2) is 19.2 Å². The summed E-state index contributed by atoms with van der Waals surface area (Å²) in [5, 5.41) is 2.80. The molecule has 136 valence electrons. The highest BCUT2D eigenvalue weighted by atomic mass is 35.5. The maximum atomic E-state index is 12.9. The highest BCUT2D eigenvalue weighted by Crippen LogP contribution is 2.33. The van der Waals surface area contributed by atoms with Crippen LogP contribution in [-0.2, 0) is 6.42 Å². The van der Waals surface area contributed by atoms with E-state index >= 15 is 0 Å². The number of nitrogens with zero attached hydrogens (tertiary/aromatic N) is 1. The lowest BCUT2D eigenvalue weighted by molar-refractivity contribution is 0.356. The Morgan fingerprint density at radius 1 is 1.00 bits per heavy atom. The molecule has 0 aliphatic carbocycles. The van der Waals surface area contributed by atoms with E-state index in [0.29, 0.717) is 39.5 Å². The molecule has 4 aromatic rings. The van der Waals surface area contributed by atoms with Crippen molar-refractivity contribution in [2.45, 2.75) is 6.42 Å². The lowest BCUT2D eigenvalue weighted by Crippen LogP contribution is -2.09. The van der Waals surface area contributed by atoms with E-state index in [1.54, 1.807) is 44.8 Å². The predicted molar refractivity (Wildman–Crippen MR) is 105 cm³/mol. The van der Waals surface area contributed by atoms with E-state index in [1.807, 2.05) is 12.1 Å². The zero-order valence-electron chi connectivity index (χ0n) is 14.8. The Labute approximate surface area is 160 Å². The molecule has 0 saturated heterocycles. The number of methoxy groups -OCH3 is 2. The molecule has 4 rings (SSSR count). The van der Waals surface area contributed by atoms with Crippen molar-refractivity contribution in [2.24, 2.45) is 0 Å². The monoisotopic (exact) mass is 381 g/mol. The van der Waals surface area contributed by atoms with Crippen molar-refractivity contribution >= 4 is 33.3 Å². The van der Waals surface area contributed by atoms with Crippen LogP contribution in [0.3, 0.4) is 0 Å². The molecule has 0 bridgehead atoms. The fourth-order valence-electron chi connectivity index (χ4n) is 3.17. The Balaban J connectivity index is 1.85. The van der Waals surface area contributed by atoms with E-state index in [2.05, 4.69) is 4.98 Å². The molecule has 5 nitrogen and oxygen atoms in total. The summed E-state index contributed by atoms with van der Waals surface area (Å²) in [6.07, 6.45) is 5.38. The molecule has 2 aromatic carbocycles. The maximum Gasteiger partial charge on any atom is 0.196 e. The van der Waals surface area contributed by atoms with E-state index in [9.17, 15) is 4.79 Å². The Morgan fingerprint density at radius 3 is 2.56 bits per heavy atom. The van der Waals surface area contributed by atoms with Crippen molar-refractivity contribution in [1.82, 2.24) is 4.98 Å². The summed E-state index contributed by atoms with van der Waals surface area (Å²) >= 11 is 6.03. The average molecular weight is 382 g/mol. The number of halogens is 1. The molecule has 0 fully saturated rings. The highest BCUT2D eigenvalue weighted by Gasteiger charge is 2.13. The summed E-state index contributed by atoms with van der Waals surface area (Å²) < 4.78 is 16.4. The number of benzene rings is 2. The van der Waals surface area contributed by atoms with Crippen LogP contribution in [0.1, 0.15) is 11.1 Å². The Bertz CT molecular complexity index is 1220. The van der Waals surface area contributed by atoms with Gasteiger partial charge >= 0.3 is 0 Å². The summed E-state index contributed by atoms with van der Waals surface area (Å²) in [7, 11) is 3.18. The number of rotatable bonds is 4. The van der Waals surface area contributed by atoms with Gasteiger partial charge in [0.05, 0.1) is 25.9 Å². The van der Waals surface area contributed by atoms with E-state index in [-0.39, 0.29) is 5.43 Å². The van der Waals surface area contributed by atoms with Crippen LogP contribution in [0.5, 0.6) is 11.5 Å². The largest absolute Gasteiger partial charge is 0.493 e. The van der Waals surface area contributed by atoms with Gasteiger partial charge in [0.2, 0.25) is 0 Å². The smallest absolute Gasteiger partial charge is 0.196 e. The molecule has 0 atom stereocenters. The van der Waals surface area contributed by atoms with Crippen LogP contribution in [0, 0.1) is 0 Å². The summed E-state index contributed by atoms with van der Waals surface area (Å²) in [6.45, 7) is 0. The van der Waals surface area contributed by atoms with Crippen molar-refractivity contribution in [3.63, 3.8) is 0 Å². The Hall–Kier alpha value is -3.05. The van der Waals surface area contributed by atoms with Gasteiger partial charge in [0, 0.05) is 34.8 Å². The van der Waals surface area contributed by atoms with E-state index in [1.165, 1.54) is 6.26 Å². The molecular weight excluding hydrogens is 366 g/mol. The first-order valence-corrected chi connectivity index (χ1v) is 8.67. The van der Waals surface area contributed by atoms with Crippen LogP contribution in [0.4, 0.5) is 0 Å². The minimum Gasteiger partial charge on any atom is -0.493 e. The normalized spacial score (nSPS) is 11.1. The van der Waals surface area contributed by atoms with Crippen LogP contribution >= 0.6 is 11.6 Å². The summed E-state index contributed by atoms with van der Waals surface area (Å²) in [4.78, 5) is 17.2. The molecule has 0 aliphatic rings.